The molecule has 0 spiro atoms. The van der Waals surface area contributed by atoms with Crippen LogP contribution < -0.4 is 35.2 Å². The van der Waals surface area contributed by atoms with E-state index in [1.165, 1.54) is 31.9 Å². The molecule has 0 radical (unpaired) electrons. The van der Waals surface area contributed by atoms with E-state index in [0.717, 1.165) is 0 Å². The van der Waals surface area contributed by atoms with Gasteiger partial charge in [-0.15, -0.1) is 59.3 Å². The van der Waals surface area contributed by atoms with Gasteiger partial charge >= 0.3 is 96.4 Å². The smallest absolute Gasteiger partial charge is 0.0809 e. The summed E-state index contributed by atoms with van der Waals surface area (Å²) in [7, 11) is 0. The molecule has 0 saturated carbocycles. The number of hydrogen-bond donors (Lipinski definition) is 0. The van der Waals surface area contributed by atoms with Crippen molar-refractivity contribution in [3.63, 3.8) is 0 Å². The Kier molecular flexibility index (Phi) is 12.1. The molecule has 0 atom stereocenters. The van der Waals surface area contributed by atoms with E-state index in [4.69, 9.17) is 0 Å². The van der Waals surface area contributed by atoms with E-state index in [9.17, 15) is 0 Å². The van der Waals surface area contributed by atoms with E-state index in [0.29, 0.717) is 0 Å². The molecule has 0 saturated heterocycles. The van der Waals surface area contributed by atoms with Gasteiger partial charge in [-0.1, -0.05) is 12.1 Å². The molecular formula is C30H24Cl2SiTi-2. The largest absolute Gasteiger partial charge is 0.168 e. The summed E-state index contributed by atoms with van der Waals surface area (Å²) in [6.45, 7) is 0. The van der Waals surface area contributed by atoms with Crippen molar-refractivity contribution < 1.29 is 44.0 Å². The Balaban J connectivity index is 0.000000181. The van der Waals surface area contributed by atoms with Gasteiger partial charge < -0.3 is 24.8 Å². The number of benzene rings is 4. The van der Waals surface area contributed by atoms with Gasteiger partial charge in [0.25, 0.3) is 0 Å². The van der Waals surface area contributed by atoms with Crippen molar-refractivity contribution in [2.45, 2.75) is 0 Å². The Bertz CT molecular complexity index is 1220. The van der Waals surface area contributed by atoms with Crippen LogP contribution in [0.15, 0.2) is 146 Å². The van der Waals surface area contributed by atoms with Crippen LogP contribution in [0.3, 0.4) is 0 Å². The minimum Gasteiger partial charge on any atom is -0.168 e. The summed E-state index contributed by atoms with van der Waals surface area (Å²) in [5.74, 6) is 0. The molecule has 6 aromatic carbocycles. The first kappa shape index (κ1) is 27.9. The minimum absolute atomic E-state index is 0. The van der Waals surface area contributed by atoms with Gasteiger partial charge in [0.1, 0.15) is 0 Å². The Morgan fingerprint density at radius 3 is 1.18 bits per heavy atom. The zero-order valence-electron chi connectivity index (χ0n) is 18.6. The molecule has 0 bridgehead atoms. The zero-order valence-corrected chi connectivity index (χ0v) is 22.7. The molecule has 0 N–H and O–H groups in total. The van der Waals surface area contributed by atoms with Gasteiger partial charge in [0.15, 0.2) is 0 Å². The van der Waals surface area contributed by atoms with E-state index < -0.39 is 6.19 Å². The fourth-order valence-electron chi connectivity index (χ4n) is 3.52. The van der Waals surface area contributed by atoms with E-state index in [1.807, 2.05) is 0 Å². The first-order valence-corrected chi connectivity index (χ1v) is 14.6. The van der Waals surface area contributed by atoms with Gasteiger partial charge in [-0.3, -0.25) is 0 Å². The van der Waals surface area contributed by atoms with Gasteiger partial charge in [-0.05, 0) is 0 Å². The summed E-state index contributed by atoms with van der Waals surface area (Å²) in [6.07, 6.45) is -0.545. The fraction of sp³-hybridized carbons (Fsp3) is 0. The standard InChI is InChI=1S/C12H10Si.2C9H7.2ClH.Ti/c1-3-7-11(8-4-1)13-12-9-5-2-6-10-12;2*1-2-5-9-7-3-6-8(9)4-1;;;/h1-10H;2*1-7H;2*1H;/q;2*-1;;;+2/p-2. The van der Waals surface area contributed by atoms with E-state index >= 15 is 0 Å². The number of hydrogen-bond acceptors (Lipinski definition) is 0. The Morgan fingerprint density at radius 2 is 0.794 bits per heavy atom. The number of fused-ring (bicyclic) bond motifs is 2. The third kappa shape index (κ3) is 7.84. The third-order valence-corrected chi connectivity index (χ3v) is 9.75. The van der Waals surface area contributed by atoms with Crippen LogP contribution in [-0.2, 0) is 19.2 Å². The first-order valence-electron chi connectivity index (χ1n) is 10.7. The first-order chi connectivity index (χ1) is 15.8. The molecular weight excluding hydrogens is 507 g/mol. The maximum absolute atomic E-state index is 2.34. The van der Waals surface area contributed by atoms with Crippen molar-refractivity contribution in [2.24, 2.45) is 0 Å². The van der Waals surface area contributed by atoms with Gasteiger partial charge in [0.05, 0.1) is 0 Å². The maximum Gasteiger partial charge on any atom is -0.0809 e. The molecule has 4 heteroatoms. The van der Waals surface area contributed by atoms with Crippen LogP contribution in [0, 0.1) is 0 Å². The van der Waals surface area contributed by atoms with Crippen molar-refractivity contribution in [3.05, 3.63) is 146 Å². The molecule has 34 heavy (non-hydrogen) atoms. The summed E-state index contributed by atoms with van der Waals surface area (Å²) < 4.78 is 0. The Morgan fingerprint density at radius 1 is 0.441 bits per heavy atom. The average Bonchev–Trinajstić information content (AvgIpc) is 3.55. The second kappa shape index (κ2) is 14.8. The molecule has 168 valence electrons. The van der Waals surface area contributed by atoms with E-state index in [-0.39, 0.29) is 24.8 Å². The summed E-state index contributed by atoms with van der Waals surface area (Å²) in [5.41, 5.74) is 0. The van der Waals surface area contributed by atoms with E-state index in [1.54, 1.807) is 0 Å². The fourth-order valence-corrected chi connectivity index (χ4v) is 6.46. The molecule has 0 aliphatic carbocycles. The molecule has 0 nitrogen and oxygen atoms in total. The quantitative estimate of drug-likeness (QED) is 0.225. The topological polar surface area (TPSA) is 0 Å². The molecule has 0 aliphatic heterocycles. The average molecular weight is 531 g/mol. The van der Waals surface area contributed by atoms with Crippen molar-refractivity contribution in [2.75, 3.05) is 0 Å². The molecule has 0 heterocycles. The summed E-state index contributed by atoms with van der Waals surface area (Å²) in [4.78, 5) is 0. The van der Waals surface area contributed by atoms with Crippen LogP contribution in [0.2, 0.25) is 0 Å². The predicted molar refractivity (Wildman–Crippen MR) is 137 cm³/mol. The van der Waals surface area contributed by atoms with Gasteiger partial charge in [-0.2, -0.15) is 35.0 Å². The molecule has 0 aliphatic rings. The maximum atomic E-state index is 2.34. The second-order valence-corrected chi connectivity index (χ2v) is 11.7. The van der Waals surface area contributed by atoms with Crippen molar-refractivity contribution in [1.29, 1.82) is 0 Å². The molecule has 6 rings (SSSR count). The van der Waals surface area contributed by atoms with Crippen LogP contribution in [0.4, 0.5) is 0 Å². The van der Waals surface area contributed by atoms with Gasteiger partial charge in [-0.25, -0.2) is 0 Å². The molecule has 0 aromatic heterocycles. The number of halogens is 2. The second-order valence-electron chi connectivity index (χ2n) is 7.42. The zero-order chi connectivity index (χ0) is 22.0. The Hall–Kier alpha value is -2.39. The van der Waals surface area contributed by atoms with E-state index in [2.05, 4.69) is 165 Å². The SMILES string of the molecule is [Cl-].[Cl-].[Ti+2]=[Si](c1ccccc1)c1ccccc1.c1ccc2[cH-]ccc2c1.c1ccc2[cH-]ccc2c1. The van der Waals surface area contributed by atoms with Crippen molar-refractivity contribution in [3.8, 4) is 0 Å². The molecule has 0 unspecified atom stereocenters. The van der Waals surface area contributed by atoms with Crippen LogP contribution >= 0.6 is 0 Å². The summed E-state index contributed by atoms with van der Waals surface area (Å²) >= 11 is 2.34. The Labute approximate surface area is 226 Å². The van der Waals surface area contributed by atoms with Gasteiger partial charge in [0.2, 0.25) is 0 Å². The normalized spacial score (nSPS) is 9.47. The van der Waals surface area contributed by atoms with Crippen LogP contribution in [-0.4, -0.2) is 6.19 Å². The minimum atomic E-state index is -0.545. The van der Waals surface area contributed by atoms with Gasteiger partial charge in [0, 0.05) is 0 Å². The van der Waals surface area contributed by atoms with Crippen LogP contribution in [0.25, 0.3) is 21.5 Å². The van der Waals surface area contributed by atoms with Crippen molar-refractivity contribution in [1.82, 2.24) is 0 Å². The summed E-state index contributed by atoms with van der Waals surface area (Å²) in [5, 5.41) is 8.28. The summed E-state index contributed by atoms with van der Waals surface area (Å²) in [6, 6.07) is 50.9. The van der Waals surface area contributed by atoms with Crippen LogP contribution in [0.5, 0.6) is 0 Å². The van der Waals surface area contributed by atoms with Crippen molar-refractivity contribution >= 4 is 38.1 Å². The molecule has 6 aromatic rings. The monoisotopic (exact) mass is 530 g/mol. The predicted octanol–water partition coefficient (Wildman–Crippen LogP) is 0.465. The van der Waals surface area contributed by atoms with Crippen LogP contribution in [0.1, 0.15) is 0 Å². The molecule has 0 amide bonds. The third-order valence-electron chi connectivity index (χ3n) is 5.22. The molecule has 0 fully saturated rings. The number of rotatable bonds is 2.